The van der Waals surface area contributed by atoms with Crippen LogP contribution in [0.1, 0.15) is 18.9 Å². The summed E-state index contributed by atoms with van der Waals surface area (Å²) in [5, 5.41) is 2.96. The first-order chi connectivity index (χ1) is 11.5. The second-order valence-corrected chi connectivity index (χ2v) is 6.17. The van der Waals surface area contributed by atoms with E-state index in [1.807, 2.05) is 49.4 Å². The van der Waals surface area contributed by atoms with Crippen molar-refractivity contribution < 1.29 is 9.53 Å². The molecule has 1 amide bonds. The number of ether oxygens (including phenoxy) is 1. The van der Waals surface area contributed by atoms with Crippen molar-refractivity contribution in [2.24, 2.45) is 0 Å². The van der Waals surface area contributed by atoms with Gasteiger partial charge in [-0.3, -0.25) is 4.79 Å². The maximum atomic E-state index is 12.4. The molecule has 1 aliphatic rings. The molecule has 0 saturated heterocycles. The Morgan fingerprint density at radius 1 is 1.33 bits per heavy atom. The smallest absolute Gasteiger partial charge is 0.243 e. The number of nitrogens with zero attached hydrogens (tertiary/aromatic N) is 1. The number of nitrogens with two attached hydrogens (primary N) is 1. The highest BCUT2D eigenvalue weighted by Crippen LogP contribution is 2.35. The molecular formula is C19H23N3O2. The first kappa shape index (κ1) is 16.2. The summed E-state index contributed by atoms with van der Waals surface area (Å²) < 4.78 is 5.95. The Morgan fingerprint density at radius 3 is 2.92 bits per heavy atom. The minimum atomic E-state index is -0.0415. The number of anilines is 3. The van der Waals surface area contributed by atoms with Crippen LogP contribution in [0.25, 0.3) is 0 Å². The summed E-state index contributed by atoms with van der Waals surface area (Å²) in [6.45, 7) is 5.05. The van der Waals surface area contributed by atoms with Crippen LogP contribution in [-0.4, -0.2) is 25.1 Å². The molecule has 1 unspecified atom stereocenters. The SMILES string of the molecule is CCC1CN(CC(=O)Nc2cccc(C)c2)c2ccc(N)cc2O1. The van der Waals surface area contributed by atoms with Gasteiger partial charge in [-0.15, -0.1) is 0 Å². The fourth-order valence-electron chi connectivity index (χ4n) is 2.91. The van der Waals surface area contributed by atoms with Gasteiger partial charge in [0.15, 0.2) is 0 Å². The summed E-state index contributed by atoms with van der Waals surface area (Å²) in [5.74, 6) is 0.705. The predicted octanol–water partition coefficient (Wildman–Crippen LogP) is 3.19. The molecule has 24 heavy (non-hydrogen) atoms. The van der Waals surface area contributed by atoms with E-state index in [9.17, 15) is 4.79 Å². The van der Waals surface area contributed by atoms with Crippen LogP contribution in [-0.2, 0) is 4.79 Å². The van der Waals surface area contributed by atoms with E-state index >= 15 is 0 Å². The molecule has 1 heterocycles. The molecule has 0 fully saturated rings. The number of rotatable bonds is 4. The lowest BCUT2D eigenvalue weighted by Gasteiger charge is -2.35. The predicted molar refractivity (Wildman–Crippen MR) is 97.6 cm³/mol. The monoisotopic (exact) mass is 325 g/mol. The van der Waals surface area contributed by atoms with E-state index in [-0.39, 0.29) is 18.6 Å². The third-order valence-electron chi connectivity index (χ3n) is 4.13. The van der Waals surface area contributed by atoms with Crippen molar-refractivity contribution in [2.45, 2.75) is 26.4 Å². The molecule has 0 saturated carbocycles. The second-order valence-electron chi connectivity index (χ2n) is 6.17. The minimum absolute atomic E-state index is 0.0415. The average Bonchev–Trinajstić information content (AvgIpc) is 2.54. The fourth-order valence-corrected chi connectivity index (χ4v) is 2.91. The second kappa shape index (κ2) is 6.83. The normalized spacial score (nSPS) is 16.2. The third-order valence-corrected chi connectivity index (χ3v) is 4.13. The van der Waals surface area contributed by atoms with Gasteiger partial charge in [0, 0.05) is 17.4 Å². The van der Waals surface area contributed by atoms with E-state index in [1.165, 1.54) is 0 Å². The highest BCUT2D eigenvalue weighted by Gasteiger charge is 2.26. The van der Waals surface area contributed by atoms with Gasteiger partial charge in [0.2, 0.25) is 5.91 Å². The fraction of sp³-hybridized carbons (Fsp3) is 0.316. The molecule has 5 nitrogen and oxygen atoms in total. The van der Waals surface area contributed by atoms with Crippen LogP contribution in [0.4, 0.5) is 17.1 Å². The number of benzene rings is 2. The topological polar surface area (TPSA) is 67.6 Å². The van der Waals surface area contributed by atoms with Crippen molar-refractivity contribution in [1.82, 2.24) is 0 Å². The van der Waals surface area contributed by atoms with Gasteiger partial charge >= 0.3 is 0 Å². The number of aryl methyl sites for hydroxylation is 1. The zero-order valence-corrected chi connectivity index (χ0v) is 14.1. The van der Waals surface area contributed by atoms with Crippen molar-refractivity contribution in [1.29, 1.82) is 0 Å². The van der Waals surface area contributed by atoms with Crippen LogP contribution in [0, 0.1) is 6.92 Å². The van der Waals surface area contributed by atoms with Crippen LogP contribution in [0.2, 0.25) is 0 Å². The molecule has 0 bridgehead atoms. The van der Waals surface area contributed by atoms with Gasteiger partial charge in [-0.25, -0.2) is 0 Å². The summed E-state index contributed by atoms with van der Waals surface area (Å²) in [5.41, 5.74) is 9.36. The van der Waals surface area contributed by atoms with Crippen LogP contribution in [0.15, 0.2) is 42.5 Å². The number of hydrogen-bond acceptors (Lipinski definition) is 4. The third kappa shape index (κ3) is 3.62. The van der Waals surface area contributed by atoms with E-state index in [1.54, 1.807) is 0 Å². The van der Waals surface area contributed by atoms with Gasteiger partial charge in [0.05, 0.1) is 18.8 Å². The number of hydrogen-bond donors (Lipinski definition) is 2. The van der Waals surface area contributed by atoms with E-state index in [0.717, 1.165) is 29.1 Å². The van der Waals surface area contributed by atoms with Gasteiger partial charge in [-0.05, 0) is 43.2 Å². The molecule has 1 atom stereocenters. The molecule has 0 radical (unpaired) electrons. The summed E-state index contributed by atoms with van der Waals surface area (Å²) in [6.07, 6.45) is 0.940. The van der Waals surface area contributed by atoms with Crippen molar-refractivity contribution in [3.05, 3.63) is 48.0 Å². The number of carbonyl (C=O) groups is 1. The maximum Gasteiger partial charge on any atom is 0.243 e. The molecular weight excluding hydrogens is 302 g/mol. The van der Waals surface area contributed by atoms with Crippen LogP contribution < -0.4 is 20.7 Å². The Bertz CT molecular complexity index is 745. The largest absolute Gasteiger partial charge is 0.486 e. The molecule has 126 valence electrons. The number of nitrogen functional groups attached to an aromatic ring is 1. The van der Waals surface area contributed by atoms with Crippen molar-refractivity contribution in [3.8, 4) is 5.75 Å². The number of fused-ring (bicyclic) bond motifs is 1. The zero-order chi connectivity index (χ0) is 17.1. The van der Waals surface area contributed by atoms with Crippen LogP contribution >= 0.6 is 0 Å². The summed E-state index contributed by atoms with van der Waals surface area (Å²) in [4.78, 5) is 14.5. The molecule has 2 aromatic rings. The molecule has 2 aromatic carbocycles. The first-order valence-corrected chi connectivity index (χ1v) is 8.23. The minimum Gasteiger partial charge on any atom is -0.486 e. The molecule has 3 rings (SSSR count). The molecule has 0 aromatic heterocycles. The van der Waals surface area contributed by atoms with Gasteiger partial charge in [-0.2, -0.15) is 0 Å². The lowest BCUT2D eigenvalue weighted by atomic mass is 10.1. The van der Waals surface area contributed by atoms with Crippen LogP contribution in [0.3, 0.4) is 0 Å². The molecule has 0 spiro atoms. The Kier molecular flexibility index (Phi) is 4.60. The summed E-state index contributed by atoms with van der Waals surface area (Å²) in [6, 6.07) is 13.4. The maximum absolute atomic E-state index is 12.4. The number of nitrogens with one attached hydrogen (secondary N) is 1. The highest BCUT2D eigenvalue weighted by molar-refractivity contribution is 5.94. The standard InChI is InChI=1S/C19H23N3O2/c1-3-16-11-22(17-8-7-14(20)10-18(17)24-16)12-19(23)21-15-6-4-5-13(2)9-15/h4-10,16H,3,11-12,20H2,1-2H3,(H,21,23). The zero-order valence-electron chi connectivity index (χ0n) is 14.1. The number of amides is 1. The van der Waals surface area contributed by atoms with Crippen molar-refractivity contribution in [3.63, 3.8) is 0 Å². The lowest BCUT2D eigenvalue weighted by molar-refractivity contribution is -0.115. The summed E-state index contributed by atoms with van der Waals surface area (Å²) >= 11 is 0. The van der Waals surface area contributed by atoms with Gasteiger partial charge in [-0.1, -0.05) is 19.1 Å². The molecule has 3 N–H and O–H groups in total. The van der Waals surface area contributed by atoms with Crippen molar-refractivity contribution in [2.75, 3.05) is 29.0 Å². The van der Waals surface area contributed by atoms with Crippen LogP contribution in [0.5, 0.6) is 5.75 Å². The van der Waals surface area contributed by atoms with E-state index in [0.29, 0.717) is 12.2 Å². The number of carbonyl (C=O) groups excluding carboxylic acids is 1. The van der Waals surface area contributed by atoms with Gasteiger partial charge in [0.25, 0.3) is 0 Å². The van der Waals surface area contributed by atoms with Gasteiger partial charge < -0.3 is 20.7 Å². The van der Waals surface area contributed by atoms with E-state index in [4.69, 9.17) is 10.5 Å². The first-order valence-electron chi connectivity index (χ1n) is 8.23. The Hall–Kier alpha value is -2.69. The molecule has 5 heteroatoms. The quantitative estimate of drug-likeness (QED) is 0.847. The molecule has 0 aliphatic carbocycles. The average molecular weight is 325 g/mol. The lowest BCUT2D eigenvalue weighted by Crippen LogP contribution is -2.43. The van der Waals surface area contributed by atoms with Crippen molar-refractivity contribution >= 4 is 23.0 Å². The Morgan fingerprint density at radius 2 is 2.17 bits per heavy atom. The summed E-state index contributed by atoms with van der Waals surface area (Å²) in [7, 11) is 0. The molecule has 1 aliphatic heterocycles. The highest BCUT2D eigenvalue weighted by atomic mass is 16.5. The van der Waals surface area contributed by atoms with E-state index in [2.05, 4.69) is 17.1 Å². The van der Waals surface area contributed by atoms with E-state index < -0.39 is 0 Å². The Labute approximate surface area is 142 Å². The Balaban J connectivity index is 1.75. The van der Waals surface area contributed by atoms with Gasteiger partial charge in [0.1, 0.15) is 11.9 Å².